The van der Waals surface area contributed by atoms with Crippen molar-refractivity contribution in [2.75, 3.05) is 13.7 Å². The standard InChI is InChI=1S/C12H18N2O/c1-15-12-11(3-2-7-14-12)9-13-8-6-10-4-5-10/h2-3,7,10,13H,4-6,8-9H2,1H3. The number of methoxy groups -OCH3 is 1. The maximum absolute atomic E-state index is 5.18. The minimum absolute atomic E-state index is 0.733. The zero-order valence-electron chi connectivity index (χ0n) is 9.20. The second kappa shape index (κ2) is 5.12. The van der Waals surface area contributed by atoms with Crippen molar-refractivity contribution in [3.05, 3.63) is 23.9 Å². The van der Waals surface area contributed by atoms with E-state index >= 15 is 0 Å². The van der Waals surface area contributed by atoms with E-state index in [0.717, 1.165) is 30.5 Å². The molecule has 82 valence electrons. The summed E-state index contributed by atoms with van der Waals surface area (Å²) in [6.45, 7) is 1.95. The molecule has 3 nitrogen and oxygen atoms in total. The van der Waals surface area contributed by atoms with Gasteiger partial charge in [0, 0.05) is 18.3 Å². The van der Waals surface area contributed by atoms with Crippen LogP contribution in [0.5, 0.6) is 5.88 Å². The third-order valence-corrected chi connectivity index (χ3v) is 2.79. The molecule has 2 rings (SSSR count). The Morgan fingerprint density at radius 1 is 1.53 bits per heavy atom. The van der Waals surface area contributed by atoms with Crippen LogP contribution in [0.25, 0.3) is 0 Å². The molecule has 1 heterocycles. The lowest BCUT2D eigenvalue weighted by molar-refractivity contribution is 0.390. The smallest absolute Gasteiger partial charge is 0.217 e. The normalized spacial score (nSPS) is 15.3. The molecule has 0 spiro atoms. The summed E-state index contributed by atoms with van der Waals surface area (Å²) >= 11 is 0. The van der Waals surface area contributed by atoms with Crippen LogP contribution in [0.3, 0.4) is 0 Å². The van der Waals surface area contributed by atoms with Gasteiger partial charge < -0.3 is 10.1 Å². The van der Waals surface area contributed by atoms with E-state index in [1.165, 1.54) is 19.3 Å². The molecule has 1 aliphatic carbocycles. The fourth-order valence-electron chi connectivity index (χ4n) is 1.68. The Labute approximate surface area is 90.9 Å². The lowest BCUT2D eigenvalue weighted by atomic mass is 10.2. The molecule has 0 aromatic carbocycles. The van der Waals surface area contributed by atoms with Gasteiger partial charge in [0.15, 0.2) is 0 Å². The summed E-state index contributed by atoms with van der Waals surface area (Å²) in [5.41, 5.74) is 1.13. The van der Waals surface area contributed by atoms with Crippen molar-refractivity contribution in [2.24, 2.45) is 5.92 Å². The van der Waals surface area contributed by atoms with E-state index in [1.807, 2.05) is 6.07 Å². The van der Waals surface area contributed by atoms with E-state index in [2.05, 4.69) is 16.4 Å². The summed E-state index contributed by atoms with van der Waals surface area (Å²) in [5, 5.41) is 3.43. The molecule has 0 aliphatic heterocycles. The van der Waals surface area contributed by atoms with Crippen molar-refractivity contribution >= 4 is 0 Å². The van der Waals surface area contributed by atoms with E-state index in [-0.39, 0.29) is 0 Å². The minimum Gasteiger partial charge on any atom is -0.481 e. The monoisotopic (exact) mass is 206 g/mol. The van der Waals surface area contributed by atoms with E-state index in [1.54, 1.807) is 13.3 Å². The molecule has 1 N–H and O–H groups in total. The molecule has 1 aromatic rings. The van der Waals surface area contributed by atoms with Crippen LogP contribution in [0.15, 0.2) is 18.3 Å². The van der Waals surface area contributed by atoms with Crippen LogP contribution in [0.1, 0.15) is 24.8 Å². The Morgan fingerprint density at radius 3 is 3.13 bits per heavy atom. The maximum Gasteiger partial charge on any atom is 0.217 e. The molecule has 1 saturated carbocycles. The Kier molecular flexibility index (Phi) is 3.56. The third-order valence-electron chi connectivity index (χ3n) is 2.79. The molecule has 0 radical (unpaired) electrons. The third kappa shape index (κ3) is 3.20. The lowest BCUT2D eigenvalue weighted by Crippen LogP contribution is -2.15. The van der Waals surface area contributed by atoms with Crippen molar-refractivity contribution in [3.63, 3.8) is 0 Å². The van der Waals surface area contributed by atoms with E-state index in [0.29, 0.717) is 0 Å². The van der Waals surface area contributed by atoms with Crippen LogP contribution in [-0.4, -0.2) is 18.6 Å². The van der Waals surface area contributed by atoms with Crippen LogP contribution < -0.4 is 10.1 Å². The predicted octanol–water partition coefficient (Wildman–Crippen LogP) is 1.98. The predicted molar refractivity (Wildman–Crippen MR) is 59.8 cm³/mol. The average molecular weight is 206 g/mol. The van der Waals surface area contributed by atoms with Gasteiger partial charge in [-0.25, -0.2) is 4.98 Å². The first kappa shape index (κ1) is 10.4. The molecule has 15 heavy (non-hydrogen) atoms. The first-order valence-electron chi connectivity index (χ1n) is 5.58. The van der Waals surface area contributed by atoms with Crippen molar-refractivity contribution in [2.45, 2.75) is 25.8 Å². The average Bonchev–Trinajstić information content (AvgIpc) is 3.09. The van der Waals surface area contributed by atoms with Crippen LogP contribution in [0.2, 0.25) is 0 Å². The maximum atomic E-state index is 5.18. The zero-order valence-corrected chi connectivity index (χ0v) is 9.20. The van der Waals surface area contributed by atoms with Gasteiger partial charge in [0.1, 0.15) is 0 Å². The molecule has 0 bridgehead atoms. The number of hydrogen-bond acceptors (Lipinski definition) is 3. The van der Waals surface area contributed by atoms with Gasteiger partial charge in [-0.05, 0) is 24.9 Å². The number of ether oxygens (including phenoxy) is 1. The Balaban J connectivity index is 1.75. The SMILES string of the molecule is COc1ncccc1CNCCC1CC1. The summed E-state index contributed by atoms with van der Waals surface area (Å²) in [7, 11) is 1.66. The van der Waals surface area contributed by atoms with E-state index < -0.39 is 0 Å². The first-order chi connectivity index (χ1) is 7.40. The fourth-order valence-corrected chi connectivity index (χ4v) is 1.68. The summed E-state index contributed by atoms with van der Waals surface area (Å²) in [4.78, 5) is 4.16. The highest BCUT2D eigenvalue weighted by Gasteiger charge is 2.19. The van der Waals surface area contributed by atoms with Gasteiger partial charge in [0.05, 0.1) is 7.11 Å². The number of hydrogen-bond donors (Lipinski definition) is 1. The van der Waals surface area contributed by atoms with E-state index in [4.69, 9.17) is 4.74 Å². The molecule has 0 saturated heterocycles. The molecule has 1 aliphatic rings. The quantitative estimate of drug-likeness (QED) is 0.723. The lowest BCUT2D eigenvalue weighted by Gasteiger charge is -2.07. The second-order valence-electron chi connectivity index (χ2n) is 4.08. The highest BCUT2D eigenvalue weighted by atomic mass is 16.5. The van der Waals surface area contributed by atoms with Crippen LogP contribution in [-0.2, 0) is 6.54 Å². The Hall–Kier alpha value is -1.09. The van der Waals surface area contributed by atoms with Crippen LogP contribution in [0, 0.1) is 5.92 Å². The van der Waals surface area contributed by atoms with Gasteiger partial charge in [-0.15, -0.1) is 0 Å². The van der Waals surface area contributed by atoms with Gasteiger partial charge in [-0.1, -0.05) is 18.9 Å². The van der Waals surface area contributed by atoms with Gasteiger partial charge >= 0.3 is 0 Å². The fraction of sp³-hybridized carbons (Fsp3) is 0.583. The Bertz CT molecular complexity index is 310. The molecule has 3 heteroatoms. The topological polar surface area (TPSA) is 34.1 Å². The highest BCUT2D eigenvalue weighted by Crippen LogP contribution is 2.31. The molecule has 0 amide bonds. The van der Waals surface area contributed by atoms with Gasteiger partial charge in [-0.3, -0.25) is 0 Å². The van der Waals surface area contributed by atoms with Gasteiger partial charge in [0.25, 0.3) is 0 Å². The molecular formula is C12H18N2O. The first-order valence-corrected chi connectivity index (χ1v) is 5.58. The summed E-state index contributed by atoms with van der Waals surface area (Å²) in [5.74, 6) is 1.73. The number of pyridine rings is 1. The zero-order chi connectivity index (χ0) is 10.5. The largest absolute Gasteiger partial charge is 0.481 e. The molecule has 0 unspecified atom stereocenters. The van der Waals surface area contributed by atoms with Crippen LogP contribution >= 0.6 is 0 Å². The summed E-state index contributed by atoms with van der Waals surface area (Å²) in [6, 6.07) is 4.00. The van der Waals surface area contributed by atoms with Gasteiger partial charge in [0.2, 0.25) is 5.88 Å². The molecule has 1 fully saturated rings. The van der Waals surface area contributed by atoms with Crippen molar-refractivity contribution in [3.8, 4) is 5.88 Å². The van der Waals surface area contributed by atoms with Crippen molar-refractivity contribution in [1.29, 1.82) is 0 Å². The highest BCUT2D eigenvalue weighted by molar-refractivity contribution is 5.24. The number of nitrogens with zero attached hydrogens (tertiary/aromatic N) is 1. The summed E-state index contributed by atoms with van der Waals surface area (Å²) < 4.78 is 5.18. The summed E-state index contributed by atoms with van der Waals surface area (Å²) in [6.07, 6.45) is 5.92. The van der Waals surface area contributed by atoms with Crippen LogP contribution in [0.4, 0.5) is 0 Å². The Morgan fingerprint density at radius 2 is 2.40 bits per heavy atom. The van der Waals surface area contributed by atoms with E-state index in [9.17, 15) is 0 Å². The molecule has 1 aromatic heterocycles. The number of nitrogens with one attached hydrogen (secondary N) is 1. The molecular weight excluding hydrogens is 188 g/mol. The number of rotatable bonds is 6. The minimum atomic E-state index is 0.733. The number of aromatic nitrogens is 1. The van der Waals surface area contributed by atoms with Crippen molar-refractivity contribution < 1.29 is 4.74 Å². The second-order valence-corrected chi connectivity index (χ2v) is 4.08. The molecule has 0 atom stereocenters. The van der Waals surface area contributed by atoms with Crippen molar-refractivity contribution in [1.82, 2.24) is 10.3 Å². The van der Waals surface area contributed by atoms with Gasteiger partial charge in [-0.2, -0.15) is 0 Å².